The number of fused-ring (bicyclic) bond motifs is 1. The van der Waals surface area contributed by atoms with Crippen LogP contribution in [0.4, 0.5) is 13.2 Å². The molecule has 1 aliphatic rings. The molecule has 19 heavy (non-hydrogen) atoms. The van der Waals surface area contributed by atoms with Gasteiger partial charge in [0.15, 0.2) is 4.77 Å². The molecule has 1 fully saturated rings. The Morgan fingerprint density at radius 3 is 2.58 bits per heavy atom. The van der Waals surface area contributed by atoms with E-state index in [0.29, 0.717) is 22.2 Å². The molecule has 1 aliphatic carbocycles. The molecule has 102 valence electrons. The number of alkyl halides is 3. The van der Waals surface area contributed by atoms with E-state index in [2.05, 4.69) is 11.9 Å². The van der Waals surface area contributed by atoms with E-state index in [4.69, 9.17) is 12.2 Å². The molecule has 2 nitrogen and oxygen atoms in total. The first-order chi connectivity index (χ1) is 8.86. The summed E-state index contributed by atoms with van der Waals surface area (Å²) in [5.41, 5.74) is 0.569. The zero-order valence-electron chi connectivity index (χ0n) is 10.3. The Hall–Kier alpha value is -1.30. The Kier molecular flexibility index (Phi) is 2.74. The van der Waals surface area contributed by atoms with Crippen LogP contribution in [0.1, 0.15) is 31.4 Å². The summed E-state index contributed by atoms with van der Waals surface area (Å²) in [5.74, 6) is 0.659. The quantitative estimate of drug-likeness (QED) is 0.754. The average molecular weight is 286 g/mol. The zero-order valence-corrected chi connectivity index (χ0v) is 11.1. The first-order valence-corrected chi connectivity index (χ1v) is 6.58. The molecule has 0 bridgehead atoms. The van der Waals surface area contributed by atoms with Gasteiger partial charge in [-0.1, -0.05) is 6.92 Å². The smallest absolute Gasteiger partial charge is 0.331 e. The molecule has 1 saturated carbocycles. The van der Waals surface area contributed by atoms with E-state index in [9.17, 15) is 13.2 Å². The molecule has 0 amide bonds. The highest BCUT2D eigenvalue weighted by molar-refractivity contribution is 7.71. The van der Waals surface area contributed by atoms with Crippen molar-refractivity contribution in [1.82, 2.24) is 9.55 Å². The van der Waals surface area contributed by atoms with Gasteiger partial charge in [-0.25, -0.2) is 0 Å². The van der Waals surface area contributed by atoms with E-state index in [-0.39, 0.29) is 0 Å². The maximum atomic E-state index is 12.7. The van der Waals surface area contributed by atoms with E-state index in [1.54, 1.807) is 0 Å². The molecule has 1 aromatic heterocycles. The summed E-state index contributed by atoms with van der Waals surface area (Å²) < 4.78 is 40.4. The lowest BCUT2D eigenvalue weighted by Gasteiger charge is -2.34. The summed E-state index contributed by atoms with van der Waals surface area (Å²) in [5, 5.41) is 0. The van der Waals surface area contributed by atoms with Crippen LogP contribution in [0.15, 0.2) is 18.2 Å². The number of aromatic amines is 1. The minimum Gasteiger partial charge on any atom is -0.331 e. The van der Waals surface area contributed by atoms with Gasteiger partial charge in [0.1, 0.15) is 0 Å². The van der Waals surface area contributed by atoms with Crippen LogP contribution in [0, 0.1) is 10.7 Å². The molecular formula is C13H13F3N2S. The highest BCUT2D eigenvalue weighted by Crippen LogP contribution is 2.40. The Morgan fingerprint density at radius 2 is 2.00 bits per heavy atom. The molecule has 1 N–H and O–H groups in total. The second-order valence-corrected chi connectivity index (χ2v) is 5.65. The van der Waals surface area contributed by atoms with E-state index in [1.807, 2.05) is 4.57 Å². The van der Waals surface area contributed by atoms with Crippen LogP contribution in [0.2, 0.25) is 0 Å². The number of halogens is 3. The lowest BCUT2D eigenvalue weighted by molar-refractivity contribution is -0.137. The standard InChI is InChI=1S/C13H13F3N2S/c1-7-4-9(5-7)18-11-3-2-8(13(14,15)16)6-10(11)17-12(18)19/h2-3,6-7,9H,4-5H2,1H3,(H,17,19). The van der Waals surface area contributed by atoms with E-state index in [1.165, 1.54) is 6.07 Å². The molecule has 1 heterocycles. The average Bonchev–Trinajstić information content (AvgIpc) is 2.58. The van der Waals surface area contributed by atoms with Crippen LogP contribution < -0.4 is 0 Å². The lowest BCUT2D eigenvalue weighted by Crippen LogP contribution is -2.24. The molecule has 6 heteroatoms. The van der Waals surface area contributed by atoms with Crippen molar-refractivity contribution in [2.75, 3.05) is 0 Å². The maximum Gasteiger partial charge on any atom is 0.416 e. The van der Waals surface area contributed by atoms with Gasteiger partial charge in [-0.3, -0.25) is 0 Å². The fourth-order valence-corrected chi connectivity index (χ4v) is 3.10. The zero-order chi connectivity index (χ0) is 13.8. The van der Waals surface area contributed by atoms with Gasteiger partial charge in [-0.2, -0.15) is 13.2 Å². The normalized spacial score (nSPS) is 23.6. The van der Waals surface area contributed by atoms with Gasteiger partial charge in [0.25, 0.3) is 0 Å². The van der Waals surface area contributed by atoms with Gasteiger partial charge < -0.3 is 9.55 Å². The van der Waals surface area contributed by atoms with Crippen LogP contribution >= 0.6 is 12.2 Å². The maximum absolute atomic E-state index is 12.7. The molecule has 0 radical (unpaired) electrons. The number of benzene rings is 1. The van der Waals surface area contributed by atoms with Crippen molar-refractivity contribution in [2.24, 2.45) is 5.92 Å². The van der Waals surface area contributed by atoms with Crippen molar-refractivity contribution in [1.29, 1.82) is 0 Å². The predicted octanol–water partition coefficient (Wildman–Crippen LogP) is 4.69. The third-order valence-corrected chi connectivity index (χ3v) is 4.06. The fourth-order valence-electron chi connectivity index (χ4n) is 2.74. The third kappa shape index (κ3) is 2.08. The van der Waals surface area contributed by atoms with Crippen molar-refractivity contribution >= 4 is 23.3 Å². The Bertz CT molecular complexity index is 677. The number of aromatic nitrogens is 2. The van der Waals surface area contributed by atoms with Gasteiger partial charge in [-0.05, 0) is 49.2 Å². The van der Waals surface area contributed by atoms with E-state index in [0.717, 1.165) is 30.5 Å². The van der Waals surface area contributed by atoms with Crippen molar-refractivity contribution < 1.29 is 13.2 Å². The third-order valence-electron chi connectivity index (χ3n) is 3.76. The van der Waals surface area contributed by atoms with Crippen LogP contribution in [-0.4, -0.2) is 9.55 Å². The van der Waals surface area contributed by atoms with Gasteiger partial charge in [0, 0.05) is 6.04 Å². The molecule has 0 spiro atoms. The SMILES string of the molecule is CC1CC(n2c(=S)[nH]c3cc(C(F)(F)F)ccc32)C1. The number of rotatable bonds is 1. The number of hydrogen-bond donors (Lipinski definition) is 1. The highest BCUT2D eigenvalue weighted by atomic mass is 32.1. The topological polar surface area (TPSA) is 20.7 Å². The number of imidazole rings is 1. The Balaban J connectivity index is 2.11. The van der Waals surface area contributed by atoms with Crippen molar-refractivity contribution in [3.63, 3.8) is 0 Å². The second-order valence-electron chi connectivity index (χ2n) is 5.26. The van der Waals surface area contributed by atoms with Crippen LogP contribution in [-0.2, 0) is 6.18 Å². The van der Waals surface area contributed by atoms with Gasteiger partial charge >= 0.3 is 6.18 Å². The minimum absolute atomic E-state index is 0.313. The van der Waals surface area contributed by atoms with Crippen molar-refractivity contribution in [2.45, 2.75) is 32.0 Å². The minimum atomic E-state index is -4.32. The summed E-state index contributed by atoms with van der Waals surface area (Å²) in [6, 6.07) is 4.06. The number of H-pyrrole nitrogens is 1. The van der Waals surface area contributed by atoms with Gasteiger partial charge in [0.05, 0.1) is 16.6 Å². The summed E-state index contributed by atoms with van der Waals surface area (Å²) in [4.78, 5) is 2.88. The molecule has 1 aromatic carbocycles. The largest absolute Gasteiger partial charge is 0.416 e. The molecular weight excluding hydrogens is 273 g/mol. The van der Waals surface area contributed by atoms with Crippen LogP contribution in [0.25, 0.3) is 11.0 Å². The first kappa shape index (κ1) is 12.7. The van der Waals surface area contributed by atoms with Crippen LogP contribution in [0.5, 0.6) is 0 Å². The highest BCUT2D eigenvalue weighted by Gasteiger charge is 2.32. The molecule has 0 saturated heterocycles. The van der Waals surface area contributed by atoms with Crippen molar-refractivity contribution in [3.05, 3.63) is 28.5 Å². The van der Waals surface area contributed by atoms with E-state index < -0.39 is 11.7 Å². The van der Waals surface area contributed by atoms with Crippen molar-refractivity contribution in [3.8, 4) is 0 Å². The number of nitrogens with one attached hydrogen (secondary N) is 1. The Labute approximate surface area is 113 Å². The fraction of sp³-hybridized carbons (Fsp3) is 0.462. The molecule has 2 aromatic rings. The van der Waals surface area contributed by atoms with Crippen LogP contribution in [0.3, 0.4) is 0 Å². The number of hydrogen-bond acceptors (Lipinski definition) is 1. The monoisotopic (exact) mass is 286 g/mol. The summed E-state index contributed by atoms with van der Waals surface area (Å²) in [6.45, 7) is 2.16. The first-order valence-electron chi connectivity index (χ1n) is 6.17. The summed E-state index contributed by atoms with van der Waals surface area (Å²) >= 11 is 5.23. The van der Waals surface area contributed by atoms with Gasteiger partial charge in [0.2, 0.25) is 0 Å². The molecule has 0 atom stereocenters. The van der Waals surface area contributed by atoms with E-state index >= 15 is 0 Å². The molecule has 3 rings (SSSR count). The molecule has 0 unspecified atom stereocenters. The summed E-state index contributed by atoms with van der Waals surface area (Å²) in [6.07, 6.45) is -2.26. The summed E-state index contributed by atoms with van der Waals surface area (Å²) in [7, 11) is 0. The van der Waals surface area contributed by atoms with Gasteiger partial charge in [-0.15, -0.1) is 0 Å². The second kappa shape index (κ2) is 4.10. The number of nitrogens with zero attached hydrogens (tertiary/aromatic N) is 1. The lowest BCUT2D eigenvalue weighted by atomic mass is 9.81. The Morgan fingerprint density at radius 1 is 1.32 bits per heavy atom. The molecule has 0 aliphatic heterocycles. The predicted molar refractivity (Wildman–Crippen MR) is 69.6 cm³/mol.